The number of aryl methyl sites for hydroxylation is 2. The molecule has 0 aliphatic heterocycles. The third-order valence-corrected chi connectivity index (χ3v) is 4.84. The molecule has 0 bridgehead atoms. The van der Waals surface area contributed by atoms with Gasteiger partial charge in [0.2, 0.25) is 0 Å². The summed E-state index contributed by atoms with van der Waals surface area (Å²) in [4.78, 5) is 31.6. The first kappa shape index (κ1) is 20.3. The van der Waals surface area contributed by atoms with Crippen LogP contribution in [0.5, 0.6) is 5.75 Å². The van der Waals surface area contributed by atoms with Crippen LogP contribution in [0.25, 0.3) is 11.1 Å². The molecule has 1 amide bonds. The number of nitrogens with one attached hydrogen (secondary N) is 2. The van der Waals surface area contributed by atoms with Crippen molar-refractivity contribution in [3.63, 3.8) is 0 Å². The number of nitrogens with zero attached hydrogens (tertiary/aromatic N) is 1. The van der Waals surface area contributed by atoms with Crippen LogP contribution in [-0.4, -0.2) is 29.5 Å². The molecular weight excluding hydrogens is 366 g/mol. The van der Waals surface area contributed by atoms with E-state index in [4.69, 9.17) is 4.74 Å². The number of ether oxygens (including phenoxy) is 1. The van der Waals surface area contributed by atoms with Crippen molar-refractivity contribution >= 4 is 5.91 Å². The highest BCUT2D eigenvalue weighted by Crippen LogP contribution is 2.22. The van der Waals surface area contributed by atoms with Gasteiger partial charge in [0.15, 0.2) is 0 Å². The van der Waals surface area contributed by atoms with Crippen molar-refractivity contribution < 1.29 is 9.53 Å². The van der Waals surface area contributed by atoms with Crippen molar-refractivity contribution in [2.24, 2.45) is 0 Å². The number of hydrogen-bond acceptors (Lipinski definition) is 4. The molecule has 0 radical (unpaired) electrons. The quantitative estimate of drug-likeness (QED) is 0.647. The number of benzene rings is 1. The fraction of sp³-hybridized carbons (Fsp3) is 0.261. The Morgan fingerprint density at radius 3 is 2.79 bits per heavy atom. The molecule has 0 unspecified atom stereocenters. The van der Waals surface area contributed by atoms with E-state index in [1.165, 1.54) is 0 Å². The molecule has 2 heterocycles. The Morgan fingerprint density at radius 1 is 1.21 bits per heavy atom. The second-order valence-electron chi connectivity index (χ2n) is 6.84. The van der Waals surface area contributed by atoms with Gasteiger partial charge < -0.3 is 15.0 Å². The molecule has 0 atom stereocenters. The van der Waals surface area contributed by atoms with Crippen LogP contribution in [0.2, 0.25) is 0 Å². The van der Waals surface area contributed by atoms with E-state index in [0.717, 1.165) is 28.1 Å². The fourth-order valence-corrected chi connectivity index (χ4v) is 3.19. The lowest BCUT2D eigenvalue weighted by Gasteiger charge is -2.10. The maximum atomic E-state index is 12.6. The van der Waals surface area contributed by atoms with Crippen LogP contribution in [0.15, 0.2) is 53.6 Å². The van der Waals surface area contributed by atoms with E-state index in [-0.39, 0.29) is 11.5 Å². The zero-order valence-corrected chi connectivity index (χ0v) is 16.9. The molecule has 3 aromatic rings. The molecule has 150 valence electrons. The van der Waals surface area contributed by atoms with Gasteiger partial charge in [0.25, 0.3) is 11.5 Å². The largest absolute Gasteiger partial charge is 0.497 e. The first-order valence-electron chi connectivity index (χ1n) is 9.61. The average Bonchev–Trinajstić information content (AvgIpc) is 2.74. The Morgan fingerprint density at radius 2 is 2.03 bits per heavy atom. The fourth-order valence-electron chi connectivity index (χ4n) is 3.19. The van der Waals surface area contributed by atoms with E-state index in [2.05, 4.69) is 15.3 Å². The maximum absolute atomic E-state index is 12.6. The van der Waals surface area contributed by atoms with Crippen molar-refractivity contribution in [2.45, 2.75) is 26.7 Å². The van der Waals surface area contributed by atoms with Gasteiger partial charge in [-0.1, -0.05) is 19.1 Å². The van der Waals surface area contributed by atoms with E-state index in [1.54, 1.807) is 25.6 Å². The number of aromatic amines is 1. The van der Waals surface area contributed by atoms with Gasteiger partial charge in [-0.15, -0.1) is 0 Å². The second-order valence-corrected chi connectivity index (χ2v) is 6.84. The zero-order chi connectivity index (χ0) is 20.8. The Balaban J connectivity index is 1.72. The lowest BCUT2D eigenvalue weighted by Crippen LogP contribution is -2.25. The normalized spacial score (nSPS) is 10.6. The van der Waals surface area contributed by atoms with Crippen molar-refractivity contribution in [3.8, 4) is 16.9 Å². The number of carbonyl (C=O) groups is 1. The molecule has 2 N–H and O–H groups in total. The standard InChI is InChI=1S/C23H25N3O3/c1-4-17-12-21(15(2)26-23(17)28)18-11-19(14-24-13-18)22(27)25-9-8-16-6-5-7-20(10-16)29-3/h5-7,10-14H,4,8-9H2,1-3H3,(H,25,27)(H,26,28). The SMILES string of the molecule is CCc1cc(-c2cncc(C(=O)NCCc3cccc(OC)c3)c2)c(C)[nH]c1=O. The highest BCUT2D eigenvalue weighted by molar-refractivity contribution is 5.95. The summed E-state index contributed by atoms with van der Waals surface area (Å²) in [6, 6.07) is 11.5. The summed E-state index contributed by atoms with van der Waals surface area (Å²) >= 11 is 0. The number of carbonyl (C=O) groups excluding carboxylic acids is 1. The molecule has 1 aromatic carbocycles. The van der Waals surface area contributed by atoms with Gasteiger partial charge in [-0.05, 0) is 49.6 Å². The molecular formula is C23H25N3O3. The van der Waals surface area contributed by atoms with Gasteiger partial charge in [-0.2, -0.15) is 0 Å². The van der Waals surface area contributed by atoms with Crippen molar-refractivity contribution in [2.75, 3.05) is 13.7 Å². The van der Waals surface area contributed by atoms with Crippen LogP contribution in [0.4, 0.5) is 0 Å². The van der Waals surface area contributed by atoms with E-state index in [0.29, 0.717) is 30.5 Å². The molecule has 2 aromatic heterocycles. The van der Waals surface area contributed by atoms with E-state index in [9.17, 15) is 9.59 Å². The van der Waals surface area contributed by atoms with Crippen LogP contribution < -0.4 is 15.6 Å². The first-order chi connectivity index (χ1) is 14.0. The number of H-pyrrole nitrogens is 1. The third-order valence-electron chi connectivity index (χ3n) is 4.84. The Labute approximate surface area is 170 Å². The Kier molecular flexibility index (Phi) is 6.44. The van der Waals surface area contributed by atoms with Crippen LogP contribution in [-0.2, 0) is 12.8 Å². The highest BCUT2D eigenvalue weighted by Gasteiger charge is 2.11. The average molecular weight is 391 g/mol. The number of rotatable bonds is 7. The molecule has 0 fully saturated rings. The summed E-state index contributed by atoms with van der Waals surface area (Å²) in [5.74, 6) is 0.619. The van der Waals surface area contributed by atoms with Crippen molar-refractivity contribution in [1.29, 1.82) is 0 Å². The molecule has 6 heteroatoms. The molecule has 0 aliphatic rings. The van der Waals surface area contributed by atoms with E-state index < -0.39 is 0 Å². The van der Waals surface area contributed by atoms with Gasteiger partial charge in [-0.25, -0.2) is 0 Å². The highest BCUT2D eigenvalue weighted by atomic mass is 16.5. The summed E-state index contributed by atoms with van der Waals surface area (Å²) in [5, 5.41) is 2.93. The summed E-state index contributed by atoms with van der Waals surface area (Å²) in [7, 11) is 1.63. The summed E-state index contributed by atoms with van der Waals surface area (Å²) in [5.41, 5.74) is 4.63. The van der Waals surface area contributed by atoms with Gasteiger partial charge in [-0.3, -0.25) is 14.6 Å². The predicted octanol–water partition coefficient (Wildman–Crippen LogP) is 3.29. The van der Waals surface area contributed by atoms with Crippen molar-refractivity contribution in [1.82, 2.24) is 15.3 Å². The number of amides is 1. The predicted molar refractivity (Wildman–Crippen MR) is 113 cm³/mol. The van der Waals surface area contributed by atoms with Crippen molar-refractivity contribution in [3.05, 3.63) is 81.5 Å². The third kappa shape index (κ3) is 4.90. The number of aromatic nitrogens is 2. The summed E-state index contributed by atoms with van der Waals surface area (Å²) < 4.78 is 5.22. The minimum absolute atomic E-state index is 0.0758. The molecule has 0 saturated carbocycles. The number of methoxy groups -OCH3 is 1. The van der Waals surface area contributed by atoms with Crippen LogP contribution in [0.1, 0.15) is 34.1 Å². The van der Waals surface area contributed by atoms with Crippen LogP contribution in [0.3, 0.4) is 0 Å². The zero-order valence-electron chi connectivity index (χ0n) is 16.9. The van der Waals surface area contributed by atoms with E-state index >= 15 is 0 Å². The molecule has 0 spiro atoms. The van der Waals surface area contributed by atoms with Crippen LogP contribution in [0, 0.1) is 6.92 Å². The monoisotopic (exact) mass is 391 g/mol. The van der Waals surface area contributed by atoms with Gasteiger partial charge in [0.05, 0.1) is 12.7 Å². The summed E-state index contributed by atoms with van der Waals surface area (Å²) in [6.07, 6.45) is 4.59. The topological polar surface area (TPSA) is 84.1 Å². The van der Waals surface area contributed by atoms with E-state index in [1.807, 2.05) is 44.2 Å². The molecule has 0 saturated heterocycles. The molecule has 6 nitrogen and oxygen atoms in total. The van der Waals surface area contributed by atoms with Gasteiger partial charge in [0.1, 0.15) is 5.75 Å². The Hall–Kier alpha value is -3.41. The molecule has 3 rings (SSSR count). The Bertz CT molecular complexity index is 1070. The minimum atomic E-state index is -0.181. The number of hydrogen-bond donors (Lipinski definition) is 2. The van der Waals surface area contributed by atoms with Crippen LogP contribution >= 0.6 is 0 Å². The van der Waals surface area contributed by atoms with Gasteiger partial charge >= 0.3 is 0 Å². The minimum Gasteiger partial charge on any atom is -0.497 e. The van der Waals surface area contributed by atoms with Gasteiger partial charge in [0, 0.05) is 41.3 Å². The summed E-state index contributed by atoms with van der Waals surface area (Å²) in [6.45, 7) is 4.29. The maximum Gasteiger partial charge on any atom is 0.252 e. The smallest absolute Gasteiger partial charge is 0.252 e. The molecule has 29 heavy (non-hydrogen) atoms. The lowest BCUT2D eigenvalue weighted by atomic mass is 10.0. The number of pyridine rings is 2. The first-order valence-corrected chi connectivity index (χ1v) is 9.61. The lowest BCUT2D eigenvalue weighted by molar-refractivity contribution is 0.0954. The second kappa shape index (κ2) is 9.19. The molecule has 0 aliphatic carbocycles.